The summed E-state index contributed by atoms with van der Waals surface area (Å²) in [5.74, 6) is 0.260. The van der Waals surface area contributed by atoms with E-state index in [4.69, 9.17) is 63.3 Å². The number of hydrogen-bond acceptors (Lipinski definition) is 26. The van der Waals surface area contributed by atoms with Crippen LogP contribution in [0.15, 0.2) is 208 Å². The number of alkyl halides is 3. The first-order valence-corrected chi connectivity index (χ1v) is 47.1. The van der Waals surface area contributed by atoms with E-state index < -0.39 is 74.5 Å². The number of aliphatic hydroxyl groups is 6. The number of ketones is 6. The maximum atomic E-state index is 13.7. The second-order valence-corrected chi connectivity index (χ2v) is 37.3. The van der Waals surface area contributed by atoms with Crippen molar-refractivity contribution >= 4 is 57.9 Å². The Morgan fingerprint density at radius 2 is 0.532 bits per heavy atom. The van der Waals surface area contributed by atoms with Crippen molar-refractivity contribution in [3.8, 4) is 0 Å². The minimum absolute atomic E-state index is 0.0168. The first kappa shape index (κ1) is 106. The highest BCUT2D eigenvalue weighted by Crippen LogP contribution is 2.54. The Bertz CT molecular complexity index is 6240. The summed E-state index contributed by atoms with van der Waals surface area (Å²) in [4.78, 5) is 119. The number of aliphatic hydroxyl groups excluding tert-OH is 6. The highest BCUT2D eigenvalue weighted by atomic mass is 35.5. The van der Waals surface area contributed by atoms with Crippen LogP contribution in [0.3, 0.4) is 0 Å². The van der Waals surface area contributed by atoms with Gasteiger partial charge in [-0.15, -0.1) is 0 Å². The maximum Gasteiger partial charge on any atom is 0.416 e. The third kappa shape index (κ3) is 28.1. The number of nitrogens with zero attached hydrogens (tertiary/aromatic N) is 12. The largest absolute Gasteiger partial charge is 0.416 e. The zero-order chi connectivity index (χ0) is 101. The lowest BCUT2D eigenvalue weighted by atomic mass is 9.71. The molecule has 8 heterocycles. The molecule has 2 saturated heterocycles. The number of aromatic nitrogens is 12. The number of Topliss-reactive ketones (excluding diaryl/α,β-unsaturated/α-hetero) is 6. The average Bonchev–Trinajstić information content (AvgIpc) is 1.63. The zero-order valence-electron chi connectivity index (χ0n) is 77.5. The first-order valence-electron chi connectivity index (χ1n) is 46.3. The normalized spacial score (nSPS) is 16.3. The number of rotatable bonds is 30. The van der Waals surface area contributed by atoms with E-state index in [-0.39, 0.29) is 78.5 Å². The molecule has 0 amide bonds. The van der Waals surface area contributed by atoms with E-state index in [2.05, 4.69) is 59.8 Å². The molecule has 6 aromatic heterocycles. The van der Waals surface area contributed by atoms with Crippen molar-refractivity contribution in [1.29, 1.82) is 0 Å². The van der Waals surface area contributed by atoms with Crippen LogP contribution in [0.5, 0.6) is 0 Å². The average molecular weight is 1980 g/mol. The quantitative estimate of drug-likeness (QED) is 0.0180. The van der Waals surface area contributed by atoms with Crippen LogP contribution in [0.4, 0.5) is 30.7 Å². The van der Waals surface area contributed by atoms with Gasteiger partial charge in [-0.25, -0.2) is 77.4 Å². The van der Waals surface area contributed by atoms with E-state index in [0.717, 1.165) is 137 Å². The van der Waals surface area contributed by atoms with Crippen molar-refractivity contribution in [3.63, 3.8) is 0 Å². The molecule has 35 heteroatoms. The highest BCUT2D eigenvalue weighted by Gasteiger charge is 2.48. The Kier molecular flexibility index (Phi) is 36.3. The molecule has 26 nitrogen and oxygen atoms in total. The smallest absolute Gasteiger partial charge is 0.388 e. The van der Waals surface area contributed by atoms with E-state index in [1.165, 1.54) is 117 Å². The van der Waals surface area contributed by atoms with Crippen LogP contribution in [0.25, 0.3) is 0 Å². The van der Waals surface area contributed by atoms with Crippen molar-refractivity contribution in [2.75, 3.05) is 66.1 Å². The number of carbonyl (C=O) groups is 6. The van der Waals surface area contributed by atoms with Gasteiger partial charge in [-0.05, 0) is 196 Å². The molecule has 6 aromatic carbocycles. The topological polar surface area (TPSA) is 397 Å². The third-order valence-electron chi connectivity index (χ3n) is 27.0. The molecule has 2 aliphatic heterocycles. The Labute approximate surface area is 819 Å². The number of halogens is 9. The summed E-state index contributed by atoms with van der Waals surface area (Å²) < 4.78 is 104. The molecule has 0 bridgehead atoms. The van der Waals surface area contributed by atoms with E-state index in [9.17, 15) is 59.5 Å². The van der Waals surface area contributed by atoms with Crippen LogP contribution in [0.2, 0.25) is 10.0 Å². The molecule has 18 rings (SSSR count). The molecule has 0 atom stereocenters. The molecule has 141 heavy (non-hydrogen) atoms. The van der Waals surface area contributed by atoms with Crippen molar-refractivity contribution in [1.82, 2.24) is 59.8 Å². The molecule has 0 unspecified atom stereocenters. The van der Waals surface area contributed by atoms with Crippen molar-refractivity contribution in [3.05, 3.63) is 354 Å². The van der Waals surface area contributed by atoms with Gasteiger partial charge in [0.15, 0.2) is 34.7 Å². The lowest BCUT2D eigenvalue weighted by Crippen LogP contribution is -2.36. The maximum absolute atomic E-state index is 13.7. The van der Waals surface area contributed by atoms with Gasteiger partial charge in [0.25, 0.3) is 0 Å². The van der Waals surface area contributed by atoms with E-state index in [0.29, 0.717) is 143 Å². The number of benzene rings is 6. The van der Waals surface area contributed by atoms with Crippen LogP contribution in [0, 0.1) is 30.2 Å². The predicted octanol–water partition coefficient (Wildman–Crippen LogP) is 16.3. The lowest BCUT2D eigenvalue weighted by molar-refractivity contribution is -0.137. The molecular weight excluding hydrogens is 1870 g/mol. The summed E-state index contributed by atoms with van der Waals surface area (Å²) in [6.45, 7) is 0.793. The van der Waals surface area contributed by atoms with E-state index in [1.807, 2.05) is 48.5 Å². The number of ether oxygens (including phenoxy) is 2. The van der Waals surface area contributed by atoms with Crippen LogP contribution in [-0.4, -0.2) is 191 Å². The van der Waals surface area contributed by atoms with Crippen molar-refractivity contribution < 1.29 is 99.6 Å². The number of carbonyl (C=O) groups excluding carboxylic acids is 6. The molecule has 4 saturated carbocycles. The second-order valence-electron chi connectivity index (χ2n) is 36.5. The standard InChI is InChI=1S/C18H17F3N2O2.2C18H19FN2O3.2C18H19FN2O2.C16H14Cl2N2O2/c1-11-4-13(6-14(5-11)18(19,20)21)17(2-3-17)7-16-22-8-12(9-23-16)15(25)10-24;19-15-3-1-14(2-4-15)18(5-7-24-8-6-18)9-17-20-10-13(11-21-17)16(23)12-22;19-15-3-1-2-14(8-15)18(4-6-24-7-5-18)9-17-20-10-13(11-21-17)16(23)12-22;19-15-5-3-14(4-6-15)18(7-1-2-8-18)9-17-20-10-13(11-21-17)16(23)12-22;19-15-5-3-4-14(8-15)18(6-1-2-7-18)9-17-20-10-13(11-21-17)16(23)12-22;17-12-3-11(4-13(18)5-12)16(1-2-16)6-15-19-7-10(8-20-15)14(22)9-21/h4-6,8-9,24H,2-3,7,10H2,1H3;1-4,10-11,22H,5-9,12H2;1-3,8,10-11,22H,4-7,9,12H2;3-6,10-11,22H,1-2,7-9,12H2;3-5,8,10-11,22H,1-2,6-7,9,12H2;3-5,7-8,21H,1-2,6,9H2. The van der Waals surface area contributed by atoms with Gasteiger partial charge in [-0.3, -0.25) is 28.8 Å². The molecule has 6 aliphatic rings. The van der Waals surface area contributed by atoms with Crippen LogP contribution >= 0.6 is 23.2 Å². The zero-order valence-corrected chi connectivity index (χ0v) is 79.0. The molecule has 738 valence electrons. The molecular formula is C106H107Cl2F7N12O14. The summed E-state index contributed by atoms with van der Waals surface area (Å²) in [6, 6.07) is 36.4. The van der Waals surface area contributed by atoms with E-state index >= 15 is 0 Å². The van der Waals surface area contributed by atoms with Gasteiger partial charge in [0.1, 0.15) is 97.9 Å². The van der Waals surface area contributed by atoms with Gasteiger partial charge in [0.05, 0.1) is 38.9 Å². The monoisotopic (exact) mass is 1970 g/mol. The Morgan fingerprint density at radius 3 is 0.780 bits per heavy atom. The highest BCUT2D eigenvalue weighted by molar-refractivity contribution is 6.34. The van der Waals surface area contributed by atoms with Crippen LogP contribution < -0.4 is 0 Å². The predicted molar refractivity (Wildman–Crippen MR) is 507 cm³/mol. The van der Waals surface area contributed by atoms with E-state index in [1.54, 1.807) is 43.3 Å². The summed E-state index contributed by atoms with van der Waals surface area (Å²) in [6.07, 6.45) is 31.6. The molecule has 0 spiro atoms. The molecule has 6 N–H and O–H groups in total. The lowest BCUT2D eigenvalue weighted by Gasteiger charge is -2.37. The van der Waals surface area contributed by atoms with Crippen molar-refractivity contribution in [2.45, 2.75) is 187 Å². The van der Waals surface area contributed by atoms with Gasteiger partial charge >= 0.3 is 6.18 Å². The number of aryl methyl sites for hydroxylation is 1. The molecule has 0 radical (unpaired) electrons. The van der Waals surface area contributed by atoms with Gasteiger partial charge in [0.2, 0.25) is 0 Å². The van der Waals surface area contributed by atoms with Gasteiger partial charge in [-0.1, -0.05) is 109 Å². The summed E-state index contributed by atoms with van der Waals surface area (Å²) >= 11 is 12.2. The molecule has 4 aliphatic carbocycles. The van der Waals surface area contributed by atoms with Crippen molar-refractivity contribution in [2.24, 2.45) is 0 Å². The van der Waals surface area contributed by atoms with Crippen LogP contribution in [-0.2, 0) is 86.7 Å². The van der Waals surface area contributed by atoms with Gasteiger partial charge in [0, 0.05) is 182 Å². The minimum Gasteiger partial charge on any atom is -0.388 e. The fourth-order valence-electron chi connectivity index (χ4n) is 18.6. The molecule has 6 fully saturated rings. The first-order chi connectivity index (χ1) is 67.8. The second kappa shape index (κ2) is 48.4. The Morgan fingerprint density at radius 1 is 0.291 bits per heavy atom. The fourth-order valence-corrected chi connectivity index (χ4v) is 19.1. The SMILES string of the molecule is Cc1cc(C(F)(F)F)cc(C2(Cc3ncc(C(=O)CO)cn3)CC2)c1.O=C(CO)c1cnc(CC2(c3cc(Cl)cc(Cl)c3)CC2)nc1.O=C(CO)c1cnc(CC2(c3ccc(F)cc3)CCCC2)nc1.O=C(CO)c1cnc(CC2(c3ccc(F)cc3)CCOCC2)nc1.O=C(CO)c1cnc(CC2(c3cccc(F)c3)CCCC2)nc1.O=C(CO)c1cnc(CC2(c3cccc(F)c3)CCOCC2)nc1. The Balaban J connectivity index is 0.000000142. The third-order valence-corrected chi connectivity index (χ3v) is 27.4. The van der Waals surface area contributed by atoms with Crippen LogP contribution in [0.1, 0.15) is 244 Å². The van der Waals surface area contributed by atoms with Gasteiger partial charge < -0.3 is 40.1 Å². The molecule has 12 aromatic rings. The minimum atomic E-state index is -4.38. The summed E-state index contributed by atoms with van der Waals surface area (Å²) in [5, 5.41) is 54.4. The fraction of sp³-hybridized carbons (Fsp3) is 0.377. The number of hydrogen-bond donors (Lipinski definition) is 6. The van der Waals surface area contributed by atoms with Gasteiger partial charge in [-0.2, -0.15) is 13.2 Å². The summed E-state index contributed by atoms with van der Waals surface area (Å²) in [7, 11) is 0. The Hall–Kier alpha value is -12.4. The summed E-state index contributed by atoms with van der Waals surface area (Å²) in [5.41, 5.74) is 6.44.